The first kappa shape index (κ1) is 7.61. The zero-order valence-corrected chi connectivity index (χ0v) is 6.87. The van der Waals surface area contributed by atoms with Crippen molar-refractivity contribution in [2.75, 3.05) is 0 Å². The number of nitrogens with one attached hydrogen (secondary N) is 1. The summed E-state index contributed by atoms with van der Waals surface area (Å²) in [7, 11) is 0. The van der Waals surface area contributed by atoms with Crippen LogP contribution in [0, 0.1) is 5.41 Å². The normalized spacial score (nSPS) is 16.7. The summed E-state index contributed by atoms with van der Waals surface area (Å²) in [4.78, 5) is 1.22. The zero-order valence-electron chi connectivity index (χ0n) is 6.05. The van der Waals surface area contributed by atoms with E-state index in [0.29, 0.717) is 5.04 Å². The minimum absolute atomic E-state index is 0.665. The molecule has 54 valence electrons. The first-order chi connectivity index (χ1) is 4.79. The van der Waals surface area contributed by atoms with Crippen LogP contribution in [0.4, 0.5) is 0 Å². The van der Waals surface area contributed by atoms with Crippen LogP contribution in [-0.2, 0) is 0 Å². The number of thioether (sulfide) groups is 1. The van der Waals surface area contributed by atoms with Crippen molar-refractivity contribution < 1.29 is 0 Å². The molecule has 0 spiro atoms. The van der Waals surface area contributed by atoms with E-state index >= 15 is 0 Å². The summed E-state index contributed by atoms with van der Waals surface area (Å²) >= 11 is 1.53. The summed E-state index contributed by atoms with van der Waals surface area (Å²) in [6, 6.07) is 0. The Balaban J connectivity index is 2.48. The molecule has 0 unspecified atom stereocenters. The van der Waals surface area contributed by atoms with Crippen molar-refractivity contribution >= 4 is 16.8 Å². The SMILES string of the molecule is CC(=N)SC1=CCCC=C1. The Morgan fingerprint density at radius 1 is 1.60 bits per heavy atom. The molecule has 0 bridgehead atoms. The van der Waals surface area contributed by atoms with E-state index in [1.165, 1.54) is 16.7 Å². The van der Waals surface area contributed by atoms with Crippen LogP contribution < -0.4 is 0 Å². The van der Waals surface area contributed by atoms with Gasteiger partial charge in [-0.1, -0.05) is 30.0 Å². The highest BCUT2D eigenvalue weighted by Crippen LogP contribution is 2.22. The monoisotopic (exact) mass is 153 g/mol. The van der Waals surface area contributed by atoms with Crippen molar-refractivity contribution in [3.8, 4) is 0 Å². The minimum atomic E-state index is 0.665. The van der Waals surface area contributed by atoms with Crippen molar-refractivity contribution in [3.05, 3.63) is 23.1 Å². The first-order valence-corrected chi connectivity index (χ1v) is 4.20. The molecule has 10 heavy (non-hydrogen) atoms. The highest BCUT2D eigenvalue weighted by atomic mass is 32.2. The van der Waals surface area contributed by atoms with E-state index in [1.54, 1.807) is 0 Å². The molecule has 0 radical (unpaired) electrons. The van der Waals surface area contributed by atoms with Gasteiger partial charge in [0.05, 0.1) is 5.04 Å². The van der Waals surface area contributed by atoms with Gasteiger partial charge in [0.2, 0.25) is 0 Å². The largest absolute Gasteiger partial charge is 0.298 e. The van der Waals surface area contributed by atoms with E-state index < -0.39 is 0 Å². The van der Waals surface area contributed by atoms with E-state index in [0.717, 1.165) is 12.8 Å². The predicted octanol–water partition coefficient (Wildman–Crippen LogP) is 2.95. The number of hydrogen-bond acceptors (Lipinski definition) is 2. The van der Waals surface area contributed by atoms with Gasteiger partial charge in [0.1, 0.15) is 0 Å². The second kappa shape index (κ2) is 3.62. The van der Waals surface area contributed by atoms with Gasteiger partial charge in [0.15, 0.2) is 0 Å². The van der Waals surface area contributed by atoms with E-state index in [-0.39, 0.29) is 0 Å². The predicted molar refractivity (Wildman–Crippen MR) is 47.4 cm³/mol. The maximum atomic E-state index is 7.22. The number of rotatable bonds is 1. The third kappa shape index (κ3) is 2.40. The molecule has 0 aliphatic heterocycles. The number of hydrogen-bond donors (Lipinski definition) is 1. The van der Waals surface area contributed by atoms with Crippen LogP contribution in [0.3, 0.4) is 0 Å². The molecule has 0 aromatic rings. The van der Waals surface area contributed by atoms with Crippen LogP contribution in [0.25, 0.3) is 0 Å². The van der Waals surface area contributed by atoms with Gasteiger partial charge in [-0.05, 0) is 19.8 Å². The van der Waals surface area contributed by atoms with Gasteiger partial charge in [-0.2, -0.15) is 0 Å². The fourth-order valence-electron chi connectivity index (χ4n) is 0.842. The van der Waals surface area contributed by atoms with E-state index in [1.807, 2.05) is 6.92 Å². The van der Waals surface area contributed by atoms with Crippen LogP contribution in [0.1, 0.15) is 19.8 Å². The fraction of sp³-hybridized carbons (Fsp3) is 0.375. The Morgan fingerprint density at radius 2 is 2.40 bits per heavy atom. The third-order valence-corrected chi connectivity index (χ3v) is 2.08. The van der Waals surface area contributed by atoms with Crippen molar-refractivity contribution in [3.63, 3.8) is 0 Å². The molecule has 0 fully saturated rings. The molecular formula is C8H11NS. The van der Waals surface area contributed by atoms with Gasteiger partial charge in [-0.3, -0.25) is 5.41 Å². The zero-order chi connectivity index (χ0) is 7.40. The van der Waals surface area contributed by atoms with E-state index in [9.17, 15) is 0 Å². The van der Waals surface area contributed by atoms with Gasteiger partial charge in [0, 0.05) is 4.91 Å². The molecule has 1 aliphatic carbocycles. The topological polar surface area (TPSA) is 23.9 Å². The maximum absolute atomic E-state index is 7.22. The average molecular weight is 153 g/mol. The highest BCUT2D eigenvalue weighted by molar-refractivity contribution is 8.17. The molecule has 1 rings (SSSR count). The van der Waals surface area contributed by atoms with E-state index in [2.05, 4.69) is 18.2 Å². The third-order valence-electron chi connectivity index (χ3n) is 1.23. The summed E-state index contributed by atoms with van der Waals surface area (Å²) in [5, 5.41) is 7.88. The van der Waals surface area contributed by atoms with Gasteiger partial charge in [0.25, 0.3) is 0 Å². The van der Waals surface area contributed by atoms with Crippen LogP contribution in [-0.4, -0.2) is 5.04 Å². The molecule has 2 heteroatoms. The summed E-state index contributed by atoms with van der Waals surface area (Å²) < 4.78 is 0. The lowest BCUT2D eigenvalue weighted by Gasteiger charge is -2.03. The molecule has 1 aliphatic rings. The van der Waals surface area contributed by atoms with Crippen LogP contribution in [0.5, 0.6) is 0 Å². The molecule has 0 aromatic carbocycles. The van der Waals surface area contributed by atoms with Crippen molar-refractivity contribution in [2.45, 2.75) is 19.8 Å². The lowest BCUT2D eigenvalue weighted by molar-refractivity contribution is 1.03. The lowest BCUT2D eigenvalue weighted by Crippen LogP contribution is -1.84. The summed E-state index contributed by atoms with van der Waals surface area (Å²) in [6.07, 6.45) is 8.72. The fourth-order valence-corrected chi connectivity index (χ4v) is 1.56. The highest BCUT2D eigenvalue weighted by Gasteiger charge is 1.97. The average Bonchev–Trinajstić information content (AvgIpc) is 1.88. The molecule has 0 amide bonds. The minimum Gasteiger partial charge on any atom is -0.298 e. The molecule has 0 atom stereocenters. The lowest BCUT2D eigenvalue weighted by atomic mass is 10.2. The molecule has 0 saturated heterocycles. The van der Waals surface area contributed by atoms with Gasteiger partial charge < -0.3 is 0 Å². The summed E-state index contributed by atoms with van der Waals surface area (Å²) in [5.74, 6) is 0. The Morgan fingerprint density at radius 3 is 2.90 bits per heavy atom. The Kier molecular flexibility index (Phi) is 2.75. The first-order valence-electron chi connectivity index (χ1n) is 3.39. The molecule has 1 N–H and O–H groups in total. The molecular weight excluding hydrogens is 142 g/mol. The van der Waals surface area contributed by atoms with Gasteiger partial charge in [-0.15, -0.1) is 0 Å². The second-order valence-electron chi connectivity index (χ2n) is 2.24. The van der Waals surface area contributed by atoms with Crippen LogP contribution in [0.15, 0.2) is 23.1 Å². The van der Waals surface area contributed by atoms with Crippen LogP contribution in [0.2, 0.25) is 0 Å². The van der Waals surface area contributed by atoms with Gasteiger partial charge >= 0.3 is 0 Å². The van der Waals surface area contributed by atoms with Crippen molar-refractivity contribution in [1.29, 1.82) is 5.41 Å². The summed E-state index contributed by atoms with van der Waals surface area (Å²) in [6.45, 7) is 1.81. The molecule has 0 heterocycles. The summed E-state index contributed by atoms with van der Waals surface area (Å²) in [5.41, 5.74) is 0. The molecule has 0 aromatic heterocycles. The number of allylic oxidation sites excluding steroid dienone is 3. The van der Waals surface area contributed by atoms with Crippen LogP contribution >= 0.6 is 11.8 Å². The molecule has 1 nitrogen and oxygen atoms in total. The molecule has 0 saturated carbocycles. The van der Waals surface area contributed by atoms with Gasteiger partial charge in [-0.25, -0.2) is 0 Å². The van der Waals surface area contributed by atoms with Crippen molar-refractivity contribution in [1.82, 2.24) is 0 Å². The second-order valence-corrected chi connectivity index (χ2v) is 3.53. The van der Waals surface area contributed by atoms with E-state index in [4.69, 9.17) is 5.41 Å². The maximum Gasteiger partial charge on any atom is 0.0658 e. The Hall–Kier alpha value is -0.500. The smallest absolute Gasteiger partial charge is 0.0658 e. The van der Waals surface area contributed by atoms with Crippen molar-refractivity contribution in [2.24, 2.45) is 0 Å². The Labute approximate surface area is 65.7 Å². The Bertz CT molecular complexity index is 191. The quantitative estimate of drug-likeness (QED) is 0.454. The standard InChI is InChI=1S/C8H11NS/c1-7(9)10-8-5-3-2-4-6-8/h3,5-6,9H,2,4H2,1H3.